The Labute approximate surface area is 186 Å². The zero-order valence-corrected chi connectivity index (χ0v) is 19.8. The minimum atomic E-state index is -3.32. The fraction of sp³-hybridized carbons (Fsp3) is 0.636. The van der Waals surface area contributed by atoms with Gasteiger partial charge in [0.1, 0.15) is 0 Å². The summed E-state index contributed by atoms with van der Waals surface area (Å²) in [5.74, 6) is 1.33. The van der Waals surface area contributed by atoms with Crippen molar-refractivity contribution >= 4 is 27.6 Å². The molecular weight excluding hydrogens is 414 g/mol. The molecule has 0 aromatic heterocycles. The highest BCUT2D eigenvalue weighted by Crippen LogP contribution is 2.38. The fourth-order valence-electron chi connectivity index (χ4n) is 4.40. The monoisotopic (exact) mass is 449 g/mol. The number of benzene rings is 1. The first-order valence-corrected chi connectivity index (χ1v) is 12.9. The number of hydrogen-bond acceptors (Lipinski definition) is 4. The van der Waals surface area contributed by atoms with Crippen LogP contribution in [0.1, 0.15) is 51.5 Å². The van der Waals surface area contributed by atoms with Gasteiger partial charge < -0.3 is 15.1 Å². The van der Waals surface area contributed by atoms with E-state index in [9.17, 15) is 13.2 Å². The average Bonchev–Trinajstić information content (AvgIpc) is 3.25. The first kappa shape index (κ1) is 23.5. The molecule has 172 valence electrons. The lowest BCUT2D eigenvalue weighted by molar-refractivity contribution is -0.127. The van der Waals surface area contributed by atoms with E-state index in [1.165, 1.54) is 5.56 Å². The normalized spacial score (nSPS) is 19.8. The van der Waals surface area contributed by atoms with Gasteiger partial charge in [-0.25, -0.2) is 13.1 Å². The molecule has 31 heavy (non-hydrogen) atoms. The number of nitrogens with zero attached hydrogens (tertiary/aromatic N) is 3. The van der Waals surface area contributed by atoms with Crippen LogP contribution in [0.5, 0.6) is 0 Å². The highest BCUT2D eigenvalue weighted by Gasteiger charge is 2.32. The Morgan fingerprint density at radius 3 is 2.68 bits per heavy atom. The lowest BCUT2D eigenvalue weighted by Crippen LogP contribution is -2.47. The summed E-state index contributed by atoms with van der Waals surface area (Å²) >= 11 is 0. The van der Waals surface area contributed by atoms with Crippen molar-refractivity contribution in [1.29, 1.82) is 0 Å². The second-order valence-corrected chi connectivity index (χ2v) is 10.8. The maximum absolute atomic E-state index is 12.0. The van der Waals surface area contributed by atoms with Gasteiger partial charge in [-0.1, -0.05) is 18.2 Å². The lowest BCUT2D eigenvalue weighted by Gasteiger charge is -2.27. The fourth-order valence-corrected chi connectivity index (χ4v) is 5.46. The van der Waals surface area contributed by atoms with E-state index < -0.39 is 15.6 Å². The SMILES string of the molecule is CCNC(=NCC(C)(C)NS(C)(=O)=O)N1CC(CCN2CCCC2=O)c2ccccc21. The van der Waals surface area contributed by atoms with Crippen molar-refractivity contribution in [2.24, 2.45) is 4.99 Å². The van der Waals surface area contributed by atoms with Crippen LogP contribution < -0.4 is 14.9 Å². The number of rotatable bonds is 8. The van der Waals surface area contributed by atoms with Crippen LogP contribution >= 0.6 is 0 Å². The lowest BCUT2D eigenvalue weighted by atomic mass is 9.98. The Bertz CT molecular complexity index is 929. The summed E-state index contributed by atoms with van der Waals surface area (Å²) in [5, 5.41) is 3.36. The van der Waals surface area contributed by atoms with Crippen LogP contribution in [0.3, 0.4) is 0 Å². The van der Waals surface area contributed by atoms with Crippen molar-refractivity contribution in [2.45, 2.75) is 51.5 Å². The van der Waals surface area contributed by atoms with Gasteiger partial charge in [-0.2, -0.15) is 0 Å². The van der Waals surface area contributed by atoms with Gasteiger partial charge in [-0.3, -0.25) is 9.79 Å². The Balaban J connectivity index is 1.77. The number of para-hydroxylation sites is 1. The minimum absolute atomic E-state index is 0.263. The van der Waals surface area contributed by atoms with Crippen molar-refractivity contribution in [2.75, 3.05) is 43.9 Å². The van der Waals surface area contributed by atoms with E-state index in [0.29, 0.717) is 25.4 Å². The maximum atomic E-state index is 12.0. The zero-order valence-electron chi connectivity index (χ0n) is 19.0. The number of anilines is 1. The minimum Gasteiger partial charge on any atom is -0.356 e. The molecule has 1 amide bonds. The van der Waals surface area contributed by atoms with Crippen LogP contribution in [-0.2, 0) is 14.8 Å². The maximum Gasteiger partial charge on any atom is 0.222 e. The molecule has 0 spiro atoms. The number of sulfonamides is 1. The molecule has 1 saturated heterocycles. The predicted molar refractivity (Wildman–Crippen MR) is 125 cm³/mol. The van der Waals surface area contributed by atoms with Gasteiger partial charge in [0.25, 0.3) is 0 Å². The van der Waals surface area contributed by atoms with E-state index in [1.54, 1.807) is 0 Å². The predicted octanol–water partition coefficient (Wildman–Crippen LogP) is 1.90. The highest BCUT2D eigenvalue weighted by molar-refractivity contribution is 7.88. The summed E-state index contributed by atoms with van der Waals surface area (Å²) in [7, 11) is -3.32. The number of aliphatic imine (C=N–C) groups is 1. The molecule has 1 fully saturated rings. The second-order valence-electron chi connectivity index (χ2n) is 9.07. The van der Waals surface area contributed by atoms with Gasteiger partial charge in [0.15, 0.2) is 5.96 Å². The van der Waals surface area contributed by atoms with E-state index in [1.807, 2.05) is 31.7 Å². The third-order valence-corrected chi connectivity index (χ3v) is 6.59. The molecule has 1 atom stereocenters. The molecule has 1 unspecified atom stereocenters. The molecular formula is C22H35N5O3S. The van der Waals surface area contributed by atoms with Gasteiger partial charge in [-0.05, 0) is 45.2 Å². The molecule has 2 N–H and O–H groups in total. The Hall–Kier alpha value is -2.13. The van der Waals surface area contributed by atoms with Gasteiger partial charge in [0.05, 0.1) is 12.8 Å². The molecule has 2 aliphatic heterocycles. The molecule has 3 rings (SSSR count). The molecule has 9 heteroatoms. The van der Waals surface area contributed by atoms with Crippen LogP contribution in [0.25, 0.3) is 0 Å². The summed E-state index contributed by atoms with van der Waals surface area (Å²) in [5.41, 5.74) is 1.70. The average molecular weight is 450 g/mol. The molecule has 0 aliphatic carbocycles. The van der Waals surface area contributed by atoms with E-state index in [2.05, 4.69) is 33.1 Å². The highest BCUT2D eigenvalue weighted by atomic mass is 32.2. The molecule has 8 nitrogen and oxygen atoms in total. The molecule has 0 radical (unpaired) electrons. The topological polar surface area (TPSA) is 94.1 Å². The standard InChI is InChI=1S/C22H35N5O3S/c1-5-23-21(24-16-22(2,3)25-31(4,29)30)27-15-17(18-9-6-7-10-19(18)27)12-14-26-13-8-11-20(26)28/h6-7,9-10,17,25H,5,8,11-16H2,1-4H3,(H,23,24). The number of fused-ring (bicyclic) bond motifs is 1. The quantitative estimate of drug-likeness (QED) is 0.467. The zero-order chi connectivity index (χ0) is 22.6. The van der Waals surface area contributed by atoms with Crippen molar-refractivity contribution in [3.8, 4) is 0 Å². The van der Waals surface area contributed by atoms with Gasteiger partial charge >= 0.3 is 0 Å². The van der Waals surface area contributed by atoms with Crippen molar-refractivity contribution in [1.82, 2.24) is 14.9 Å². The molecule has 1 aromatic rings. The number of likely N-dealkylation sites (tertiary alicyclic amines) is 1. The molecule has 0 saturated carbocycles. The summed E-state index contributed by atoms with van der Waals surface area (Å²) in [6, 6.07) is 8.34. The Morgan fingerprint density at radius 2 is 2.03 bits per heavy atom. The van der Waals surface area contributed by atoms with E-state index in [4.69, 9.17) is 4.99 Å². The summed E-state index contributed by atoms with van der Waals surface area (Å²) in [4.78, 5) is 20.9. The van der Waals surface area contributed by atoms with Crippen molar-refractivity contribution < 1.29 is 13.2 Å². The Kier molecular flexibility index (Phi) is 7.26. The summed E-state index contributed by atoms with van der Waals surface area (Å²) < 4.78 is 26.0. The van der Waals surface area contributed by atoms with Crippen LogP contribution in [0.2, 0.25) is 0 Å². The number of amides is 1. The van der Waals surface area contributed by atoms with Gasteiger partial charge in [-0.15, -0.1) is 0 Å². The Morgan fingerprint density at radius 1 is 1.29 bits per heavy atom. The smallest absolute Gasteiger partial charge is 0.222 e. The number of hydrogen-bond donors (Lipinski definition) is 2. The number of nitrogens with one attached hydrogen (secondary N) is 2. The third-order valence-electron chi connectivity index (χ3n) is 5.67. The molecule has 0 bridgehead atoms. The number of carbonyl (C=O) groups is 1. The van der Waals surface area contributed by atoms with Gasteiger partial charge in [0, 0.05) is 49.7 Å². The molecule has 2 heterocycles. The van der Waals surface area contributed by atoms with Crippen molar-refractivity contribution in [3.05, 3.63) is 29.8 Å². The first-order chi connectivity index (χ1) is 14.6. The van der Waals surface area contributed by atoms with E-state index in [0.717, 1.165) is 50.4 Å². The van der Waals surface area contributed by atoms with Crippen LogP contribution in [0.15, 0.2) is 29.3 Å². The first-order valence-electron chi connectivity index (χ1n) is 11.0. The van der Waals surface area contributed by atoms with Gasteiger partial charge in [0.2, 0.25) is 15.9 Å². The summed E-state index contributed by atoms with van der Waals surface area (Å²) in [6.45, 7) is 9.14. The van der Waals surface area contributed by atoms with E-state index in [-0.39, 0.29) is 5.91 Å². The molecule has 2 aliphatic rings. The molecule has 1 aromatic carbocycles. The van der Waals surface area contributed by atoms with E-state index >= 15 is 0 Å². The van der Waals surface area contributed by atoms with Crippen molar-refractivity contribution in [3.63, 3.8) is 0 Å². The van der Waals surface area contributed by atoms with Crippen LogP contribution in [0.4, 0.5) is 5.69 Å². The van der Waals surface area contributed by atoms with Crippen LogP contribution in [-0.4, -0.2) is 69.7 Å². The van der Waals surface area contributed by atoms with Crippen LogP contribution in [0, 0.1) is 0 Å². The largest absolute Gasteiger partial charge is 0.356 e. The number of guanidine groups is 1. The second kappa shape index (κ2) is 9.56. The third kappa shape index (κ3) is 6.20. The summed E-state index contributed by atoms with van der Waals surface area (Å²) in [6.07, 6.45) is 3.71. The number of carbonyl (C=O) groups excluding carboxylic acids is 1.